The molecule has 0 fully saturated rings. The lowest BCUT2D eigenvalue weighted by Gasteiger charge is -2.17. The van der Waals surface area contributed by atoms with Crippen molar-refractivity contribution >= 4 is 33.7 Å². The summed E-state index contributed by atoms with van der Waals surface area (Å²) >= 11 is -1.39. The summed E-state index contributed by atoms with van der Waals surface area (Å²) in [6.45, 7) is 6.60. The molecule has 32 heavy (non-hydrogen) atoms. The van der Waals surface area contributed by atoms with Crippen LogP contribution in [0.5, 0.6) is 0 Å². The summed E-state index contributed by atoms with van der Waals surface area (Å²) < 4.78 is 29.2. The number of imidazole rings is 1. The largest absolute Gasteiger partial charge is 0.452 e. The number of ether oxygens (including phenoxy) is 1. The Morgan fingerprint density at radius 2 is 2.12 bits per heavy atom. The number of nitrogens with zero attached hydrogens (tertiary/aromatic N) is 4. The molecule has 0 aliphatic rings. The lowest BCUT2D eigenvalue weighted by molar-refractivity contribution is 0.183. The van der Waals surface area contributed by atoms with Crippen molar-refractivity contribution in [1.29, 1.82) is 5.26 Å². The van der Waals surface area contributed by atoms with Crippen molar-refractivity contribution in [1.82, 2.24) is 9.55 Å². The summed E-state index contributed by atoms with van der Waals surface area (Å²) in [5.74, 6) is 1.21. The Balaban J connectivity index is 2.12. The normalized spacial score (nSPS) is 11.9. The van der Waals surface area contributed by atoms with Crippen molar-refractivity contribution in [3.05, 3.63) is 58.5 Å². The van der Waals surface area contributed by atoms with Gasteiger partial charge in [-0.3, -0.25) is 4.55 Å². The van der Waals surface area contributed by atoms with E-state index in [-0.39, 0.29) is 5.00 Å². The quantitative estimate of drug-likeness (QED) is 0.497. The summed E-state index contributed by atoms with van der Waals surface area (Å²) in [4.78, 5) is 17.4. The zero-order chi connectivity index (χ0) is 23.4. The van der Waals surface area contributed by atoms with Crippen molar-refractivity contribution < 1.29 is 18.3 Å². The molecule has 2 heterocycles. The number of carbonyl (C=O) groups is 1. The van der Waals surface area contributed by atoms with E-state index in [2.05, 4.69) is 24.9 Å². The number of amides is 1. The summed E-state index contributed by atoms with van der Waals surface area (Å²) in [6, 6.07) is 9.59. The number of hydrogen-bond acceptors (Lipinski definition) is 6. The highest BCUT2D eigenvalue weighted by atomic mass is 32.2. The molecule has 1 amide bonds. The van der Waals surface area contributed by atoms with Crippen LogP contribution in [-0.2, 0) is 29.0 Å². The van der Waals surface area contributed by atoms with Crippen molar-refractivity contribution in [2.45, 2.75) is 33.7 Å². The molecule has 0 spiro atoms. The molecule has 168 valence electrons. The second-order valence-electron chi connectivity index (χ2n) is 7.62. The van der Waals surface area contributed by atoms with Crippen molar-refractivity contribution in [3.8, 4) is 17.2 Å². The van der Waals surface area contributed by atoms with Crippen LogP contribution in [0.15, 0.2) is 36.7 Å². The van der Waals surface area contributed by atoms with E-state index >= 15 is 0 Å². The average molecular weight is 473 g/mol. The van der Waals surface area contributed by atoms with Gasteiger partial charge in [-0.25, -0.2) is 14.0 Å². The van der Waals surface area contributed by atoms with Crippen LogP contribution in [0, 0.1) is 24.2 Å². The van der Waals surface area contributed by atoms with Gasteiger partial charge in [0.2, 0.25) is 0 Å². The van der Waals surface area contributed by atoms with Crippen LogP contribution >= 0.6 is 11.3 Å². The minimum atomic E-state index is -2.63. The molecule has 8 nitrogen and oxygen atoms in total. The van der Waals surface area contributed by atoms with Gasteiger partial charge in [-0.05, 0) is 37.0 Å². The molecule has 0 radical (unpaired) electrons. The Bertz CT molecular complexity index is 1190. The molecule has 0 saturated carbocycles. The topological polar surface area (TPSA) is 108 Å². The van der Waals surface area contributed by atoms with E-state index in [1.807, 2.05) is 29.8 Å². The molecule has 3 rings (SSSR count). The van der Waals surface area contributed by atoms with Gasteiger partial charge in [0.05, 0.1) is 18.7 Å². The highest BCUT2D eigenvalue weighted by Crippen LogP contribution is 2.42. The Hall–Kier alpha value is -3.00. The van der Waals surface area contributed by atoms with Gasteiger partial charge >= 0.3 is 6.09 Å². The van der Waals surface area contributed by atoms with Gasteiger partial charge in [0, 0.05) is 34.9 Å². The molecule has 0 saturated heterocycles. The standard InChI is InChI=1S/C22H24N4O4S2/c1-14(2)9-18-11-20(21(31-18)26(32(28)29)22(27)30-4)19-6-5-16(10-17(19)12-23)13-25-8-7-24-15(25)3/h5-8,10-11,14H,9,13H2,1-4H3,(H,28,29). The predicted molar refractivity (Wildman–Crippen MR) is 125 cm³/mol. The van der Waals surface area contributed by atoms with E-state index in [1.165, 1.54) is 11.3 Å². The first kappa shape index (κ1) is 23.7. The van der Waals surface area contributed by atoms with Crippen molar-refractivity contribution in [3.63, 3.8) is 0 Å². The van der Waals surface area contributed by atoms with Gasteiger partial charge in [0.15, 0.2) is 0 Å². The second-order valence-corrected chi connectivity index (χ2v) is 9.56. The molecule has 0 bridgehead atoms. The van der Waals surface area contributed by atoms with E-state index < -0.39 is 17.4 Å². The van der Waals surface area contributed by atoms with Crippen LogP contribution in [0.2, 0.25) is 0 Å². The first-order chi connectivity index (χ1) is 15.2. The minimum Gasteiger partial charge on any atom is -0.452 e. The van der Waals surface area contributed by atoms with E-state index in [0.717, 1.165) is 29.8 Å². The number of aromatic nitrogens is 2. The van der Waals surface area contributed by atoms with E-state index in [9.17, 15) is 18.8 Å². The van der Waals surface area contributed by atoms with Crippen molar-refractivity contribution in [2.24, 2.45) is 5.92 Å². The number of benzene rings is 1. The summed E-state index contributed by atoms with van der Waals surface area (Å²) in [7, 11) is 1.15. The number of anilines is 1. The SMILES string of the molecule is COC(=O)N(c1sc(CC(C)C)cc1-c1ccc(Cn2ccnc2C)cc1C#N)S(=O)O. The average Bonchev–Trinajstić information content (AvgIpc) is 3.33. The van der Waals surface area contributed by atoms with Crippen LogP contribution < -0.4 is 4.31 Å². The van der Waals surface area contributed by atoms with E-state index in [0.29, 0.717) is 33.5 Å². The van der Waals surface area contributed by atoms with Gasteiger partial charge in [-0.1, -0.05) is 26.0 Å². The molecular weight excluding hydrogens is 448 g/mol. The maximum atomic E-state index is 12.3. The first-order valence-corrected chi connectivity index (χ1v) is 11.8. The van der Waals surface area contributed by atoms with Gasteiger partial charge in [0.25, 0.3) is 11.3 Å². The molecule has 1 atom stereocenters. The smallest absolute Gasteiger partial charge is 0.428 e. The first-order valence-electron chi connectivity index (χ1n) is 9.88. The van der Waals surface area contributed by atoms with Gasteiger partial charge in [0.1, 0.15) is 10.8 Å². The fourth-order valence-corrected chi connectivity index (χ4v) is 5.39. The summed E-state index contributed by atoms with van der Waals surface area (Å²) in [5.41, 5.74) is 2.45. The van der Waals surface area contributed by atoms with Crippen LogP contribution in [0.25, 0.3) is 11.1 Å². The van der Waals surface area contributed by atoms with Gasteiger partial charge in [-0.15, -0.1) is 11.3 Å². The molecule has 1 N–H and O–H groups in total. The third-order valence-corrected chi connectivity index (χ3v) is 6.73. The predicted octanol–water partition coefficient (Wildman–Crippen LogP) is 4.75. The molecule has 10 heteroatoms. The van der Waals surface area contributed by atoms with Gasteiger partial charge in [-0.2, -0.15) is 9.57 Å². The van der Waals surface area contributed by atoms with E-state index in [4.69, 9.17) is 4.74 Å². The van der Waals surface area contributed by atoms with Crippen molar-refractivity contribution in [2.75, 3.05) is 11.4 Å². The zero-order valence-corrected chi connectivity index (χ0v) is 19.9. The number of thiophene rings is 1. The number of carbonyl (C=O) groups excluding carboxylic acids is 1. The zero-order valence-electron chi connectivity index (χ0n) is 18.2. The van der Waals surface area contributed by atoms with Crippen LogP contribution in [0.3, 0.4) is 0 Å². The van der Waals surface area contributed by atoms with E-state index in [1.54, 1.807) is 18.3 Å². The van der Waals surface area contributed by atoms with Gasteiger partial charge < -0.3 is 9.30 Å². The molecule has 0 aliphatic carbocycles. The Kier molecular flexibility index (Phi) is 7.45. The monoisotopic (exact) mass is 472 g/mol. The Morgan fingerprint density at radius 3 is 2.69 bits per heavy atom. The number of rotatable bonds is 7. The highest BCUT2D eigenvalue weighted by Gasteiger charge is 2.29. The summed E-state index contributed by atoms with van der Waals surface area (Å²) in [6.07, 6.45) is 3.37. The molecule has 3 aromatic rings. The molecular formula is C22H24N4O4S2. The third-order valence-electron chi connectivity index (χ3n) is 4.83. The number of nitriles is 1. The summed E-state index contributed by atoms with van der Waals surface area (Å²) in [5, 5.41) is 10.1. The fraction of sp³-hybridized carbons (Fsp3) is 0.318. The third kappa shape index (κ3) is 5.07. The van der Waals surface area contributed by atoms with Crippen LogP contribution in [0.1, 0.15) is 35.7 Å². The molecule has 1 aromatic carbocycles. The Morgan fingerprint density at radius 1 is 1.38 bits per heavy atom. The Labute approximate surface area is 193 Å². The van der Waals surface area contributed by atoms with Crippen LogP contribution in [0.4, 0.5) is 9.80 Å². The van der Waals surface area contributed by atoms with Crippen LogP contribution in [-0.4, -0.2) is 31.5 Å². The minimum absolute atomic E-state index is 0.267. The lowest BCUT2D eigenvalue weighted by Crippen LogP contribution is -2.32. The maximum Gasteiger partial charge on any atom is 0.428 e. The molecule has 1 unspecified atom stereocenters. The molecule has 0 aliphatic heterocycles. The highest BCUT2D eigenvalue weighted by molar-refractivity contribution is 7.82. The maximum absolute atomic E-state index is 12.3. The fourth-order valence-electron chi connectivity index (χ4n) is 3.36. The number of methoxy groups -OCH3 is 1. The second kappa shape index (κ2) is 10.1. The lowest BCUT2D eigenvalue weighted by atomic mass is 9.98. The number of hydrogen-bond donors (Lipinski definition) is 1. The number of aryl methyl sites for hydroxylation is 1. The molecule has 2 aromatic heterocycles.